The molecule has 0 saturated carbocycles. The number of pyridine rings is 1. The normalized spacial score (nSPS) is 12.8. The third-order valence-electron chi connectivity index (χ3n) is 3.54. The van der Waals surface area contributed by atoms with Gasteiger partial charge in [-0.2, -0.15) is 0 Å². The fourth-order valence-corrected chi connectivity index (χ4v) is 2.52. The molecule has 0 radical (unpaired) electrons. The van der Waals surface area contributed by atoms with E-state index >= 15 is 0 Å². The standard InChI is InChI=1S/C17H17NO2/c1-10-4-5-13-9-14(6-7-16(13)18-10)17(19)15-8-11(2)20-12(15)3/h4-9,17,19H,1-3H3. The molecule has 1 N–H and O–H groups in total. The first-order valence-corrected chi connectivity index (χ1v) is 6.67. The summed E-state index contributed by atoms with van der Waals surface area (Å²) in [6.07, 6.45) is -0.668. The quantitative estimate of drug-likeness (QED) is 0.767. The predicted octanol–water partition coefficient (Wildman–Crippen LogP) is 3.83. The summed E-state index contributed by atoms with van der Waals surface area (Å²) in [6.45, 7) is 5.73. The summed E-state index contributed by atoms with van der Waals surface area (Å²) in [5.74, 6) is 1.58. The molecule has 0 aliphatic heterocycles. The van der Waals surface area contributed by atoms with E-state index in [2.05, 4.69) is 4.98 Å². The van der Waals surface area contributed by atoms with E-state index in [1.54, 1.807) is 0 Å². The number of hydrogen-bond donors (Lipinski definition) is 1. The molecule has 102 valence electrons. The first-order chi connectivity index (χ1) is 9.54. The Morgan fingerprint density at radius 3 is 2.55 bits per heavy atom. The summed E-state index contributed by atoms with van der Waals surface area (Å²) in [5, 5.41) is 11.6. The van der Waals surface area contributed by atoms with Crippen molar-refractivity contribution in [2.45, 2.75) is 26.9 Å². The lowest BCUT2D eigenvalue weighted by Crippen LogP contribution is -2.00. The largest absolute Gasteiger partial charge is 0.466 e. The van der Waals surface area contributed by atoms with Crippen molar-refractivity contribution in [3.05, 3.63) is 64.7 Å². The minimum absolute atomic E-state index is 0.668. The molecule has 3 rings (SSSR count). The van der Waals surface area contributed by atoms with Crippen LogP contribution in [0, 0.1) is 20.8 Å². The summed E-state index contributed by atoms with van der Waals surface area (Å²) < 4.78 is 5.49. The monoisotopic (exact) mass is 267 g/mol. The number of hydrogen-bond acceptors (Lipinski definition) is 3. The molecule has 0 fully saturated rings. The Kier molecular flexibility index (Phi) is 3.07. The molecule has 3 aromatic rings. The molecular weight excluding hydrogens is 250 g/mol. The van der Waals surface area contributed by atoms with Crippen LogP contribution in [0.1, 0.15) is 34.4 Å². The summed E-state index contributed by atoms with van der Waals surface area (Å²) in [5.41, 5.74) is 3.61. The SMILES string of the molecule is Cc1ccc2cc(C(O)c3cc(C)oc3C)ccc2n1. The second kappa shape index (κ2) is 4.76. The van der Waals surface area contributed by atoms with Crippen molar-refractivity contribution in [1.82, 2.24) is 4.98 Å². The average Bonchev–Trinajstić information content (AvgIpc) is 2.76. The highest BCUT2D eigenvalue weighted by molar-refractivity contribution is 5.79. The van der Waals surface area contributed by atoms with Crippen molar-refractivity contribution in [2.75, 3.05) is 0 Å². The smallest absolute Gasteiger partial charge is 0.107 e. The third-order valence-corrected chi connectivity index (χ3v) is 3.54. The van der Waals surface area contributed by atoms with E-state index in [0.717, 1.165) is 39.2 Å². The maximum atomic E-state index is 10.5. The Labute approximate surface area is 117 Å². The summed E-state index contributed by atoms with van der Waals surface area (Å²) in [6, 6.07) is 11.7. The zero-order valence-electron chi connectivity index (χ0n) is 11.8. The minimum atomic E-state index is -0.668. The lowest BCUT2D eigenvalue weighted by atomic mass is 10.00. The molecule has 0 amide bonds. The molecule has 0 aliphatic rings. The van der Waals surface area contributed by atoms with E-state index in [9.17, 15) is 5.11 Å². The third kappa shape index (κ3) is 2.21. The van der Waals surface area contributed by atoms with Crippen LogP contribution in [0.2, 0.25) is 0 Å². The number of nitrogens with zero attached hydrogens (tertiary/aromatic N) is 1. The Balaban J connectivity index is 2.05. The van der Waals surface area contributed by atoms with Crippen LogP contribution < -0.4 is 0 Å². The van der Waals surface area contributed by atoms with Gasteiger partial charge in [-0.1, -0.05) is 12.1 Å². The topological polar surface area (TPSA) is 46.3 Å². The van der Waals surface area contributed by atoms with E-state index in [0.29, 0.717) is 0 Å². The lowest BCUT2D eigenvalue weighted by Gasteiger charge is -2.11. The van der Waals surface area contributed by atoms with Crippen molar-refractivity contribution >= 4 is 10.9 Å². The summed E-state index contributed by atoms with van der Waals surface area (Å²) in [4.78, 5) is 4.47. The number of aliphatic hydroxyl groups excluding tert-OH is 1. The van der Waals surface area contributed by atoms with Crippen LogP contribution in [0.15, 0.2) is 40.8 Å². The van der Waals surface area contributed by atoms with Crippen LogP contribution in [0.3, 0.4) is 0 Å². The first kappa shape index (κ1) is 12.9. The molecule has 3 nitrogen and oxygen atoms in total. The van der Waals surface area contributed by atoms with E-state index in [-0.39, 0.29) is 0 Å². The summed E-state index contributed by atoms with van der Waals surface area (Å²) in [7, 11) is 0. The van der Waals surface area contributed by atoms with Crippen molar-refractivity contribution in [2.24, 2.45) is 0 Å². The highest BCUT2D eigenvalue weighted by atomic mass is 16.3. The van der Waals surface area contributed by atoms with Gasteiger partial charge in [-0.15, -0.1) is 0 Å². The number of aliphatic hydroxyl groups is 1. The molecule has 2 heterocycles. The molecule has 1 aromatic carbocycles. The van der Waals surface area contributed by atoms with E-state index in [1.165, 1.54) is 0 Å². The van der Waals surface area contributed by atoms with Gasteiger partial charge in [0.1, 0.15) is 17.6 Å². The van der Waals surface area contributed by atoms with Gasteiger partial charge >= 0.3 is 0 Å². The summed E-state index contributed by atoms with van der Waals surface area (Å²) >= 11 is 0. The van der Waals surface area contributed by atoms with E-state index in [4.69, 9.17) is 4.42 Å². The molecule has 3 heteroatoms. The van der Waals surface area contributed by atoms with Gasteiger partial charge in [0.2, 0.25) is 0 Å². The van der Waals surface area contributed by atoms with Crippen LogP contribution in [-0.4, -0.2) is 10.1 Å². The van der Waals surface area contributed by atoms with Gasteiger partial charge in [-0.3, -0.25) is 4.98 Å². The van der Waals surface area contributed by atoms with Crippen LogP contribution >= 0.6 is 0 Å². The average molecular weight is 267 g/mol. The number of fused-ring (bicyclic) bond motifs is 1. The van der Waals surface area contributed by atoms with E-state index < -0.39 is 6.10 Å². The van der Waals surface area contributed by atoms with Gasteiger partial charge in [-0.25, -0.2) is 0 Å². The van der Waals surface area contributed by atoms with Crippen molar-refractivity contribution in [1.29, 1.82) is 0 Å². The number of furan rings is 1. The molecular formula is C17H17NO2. The van der Waals surface area contributed by atoms with Crippen LogP contribution in [0.25, 0.3) is 10.9 Å². The Hall–Kier alpha value is -2.13. The molecule has 0 spiro atoms. The molecule has 2 aromatic heterocycles. The van der Waals surface area contributed by atoms with Crippen molar-refractivity contribution < 1.29 is 9.52 Å². The predicted molar refractivity (Wildman–Crippen MR) is 78.7 cm³/mol. The van der Waals surface area contributed by atoms with Crippen LogP contribution in [0.5, 0.6) is 0 Å². The molecule has 0 aliphatic carbocycles. The van der Waals surface area contributed by atoms with Gasteiger partial charge in [0.05, 0.1) is 5.52 Å². The number of benzene rings is 1. The van der Waals surface area contributed by atoms with E-state index in [1.807, 2.05) is 57.2 Å². The Morgan fingerprint density at radius 1 is 1.05 bits per heavy atom. The highest BCUT2D eigenvalue weighted by Gasteiger charge is 2.16. The molecule has 20 heavy (non-hydrogen) atoms. The number of aromatic nitrogens is 1. The van der Waals surface area contributed by atoms with Crippen LogP contribution in [0.4, 0.5) is 0 Å². The fraction of sp³-hybridized carbons (Fsp3) is 0.235. The first-order valence-electron chi connectivity index (χ1n) is 6.67. The maximum Gasteiger partial charge on any atom is 0.107 e. The Morgan fingerprint density at radius 2 is 1.85 bits per heavy atom. The fourth-order valence-electron chi connectivity index (χ4n) is 2.52. The number of rotatable bonds is 2. The molecule has 1 unspecified atom stereocenters. The van der Waals surface area contributed by atoms with Crippen LogP contribution in [-0.2, 0) is 0 Å². The van der Waals surface area contributed by atoms with Gasteiger partial charge in [0, 0.05) is 16.6 Å². The Bertz CT molecular complexity index is 774. The lowest BCUT2D eigenvalue weighted by molar-refractivity contribution is 0.218. The van der Waals surface area contributed by atoms with Crippen molar-refractivity contribution in [3.8, 4) is 0 Å². The zero-order valence-corrected chi connectivity index (χ0v) is 11.8. The number of aryl methyl sites for hydroxylation is 3. The van der Waals surface area contributed by atoms with Crippen molar-refractivity contribution in [3.63, 3.8) is 0 Å². The molecule has 0 bridgehead atoms. The van der Waals surface area contributed by atoms with Gasteiger partial charge < -0.3 is 9.52 Å². The molecule has 0 saturated heterocycles. The minimum Gasteiger partial charge on any atom is -0.466 e. The second-order valence-electron chi connectivity index (χ2n) is 5.18. The second-order valence-corrected chi connectivity index (χ2v) is 5.18. The van der Waals surface area contributed by atoms with Gasteiger partial charge in [0.15, 0.2) is 0 Å². The van der Waals surface area contributed by atoms with Gasteiger partial charge in [-0.05, 0) is 50.6 Å². The highest BCUT2D eigenvalue weighted by Crippen LogP contribution is 2.29. The molecule has 1 atom stereocenters. The maximum absolute atomic E-state index is 10.5. The van der Waals surface area contributed by atoms with Gasteiger partial charge in [0.25, 0.3) is 0 Å². The zero-order chi connectivity index (χ0) is 14.3.